The van der Waals surface area contributed by atoms with Crippen molar-refractivity contribution in [3.05, 3.63) is 64.7 Å². The van der Waals surface area contributed by atoms with Crippen molar-refractivity contribution in [2.24, 2.45) is 0 Å². The fourth-order valence-electron chi connectivity index (χ4n) is 3.13. The van der Waals surface area contributed by atoms with E-state index in [-0.39, 0.29) is 11.8 Å². The Hall–Kier alpha value is -3.00. The van der Waals surface area contributed by atoms with E-state index >= 15 is 0 Å². The van der Waals surface area contributed by atoms with Crippen LogP contribution in [-0.4, -0.2) is 49.2 Å². The van der Waals surface area contributed by atoms with Crippen LogP contribution in [0.2, 0.25) is 0 Å². The van der Waals surface area contributed by atoms with Crippen LogP contribution in [-0.2, 0) is 0 Å². The molecule has 3 aromatic rings. The number of thioether (sulfide) groups is 1. The highest BCUT2D eigenvalue weighted by atomic mass is 32.2. The van der Waals surface area contributed by atoms with Crippen LogP contribution in [0.4, 0.5) is 0 Å². The van der Waals surface area contributed by atoms with E-state index in [0.29, 0.717) is 28.6 Å². The number of hydrogen-bond acceptors (Lipinski definition) is 6. The molecule has 2 amide bonds. The number of tetrazole rings is 1. The summed E-state index contributed by atoms with van der Waals surface area (Å²) in [6.45, 7) is 4.35. The highest BCUT2D eigenvalue weighted by molar-refractivity contribution is 7.99. The third-order valence-electron chi connectivity index (χ3n) is 4.45. The molecule has 8 heteroatoms. The number of nitrogens with zero attached hydrogens (tertiary/aromatic N) is 5. The van der Waals surface area contributed by atoms with Crippen LogP contribution in [0.5, 0.6) is 0 Å². The summed E-state index contributed by atoms with van der Waals surface area (Å²) in [7, 11) is 0. The zero-order chi connectivity index (χ0) is 19.0. The Morgan fingerprint density at radius 1 is 1.00 bits per heavy atom. The lowest BCUT2D eigenvalue weighted by Crippen LogP contribution is -2.31. The summed E-state index contributed by atoms with van der Waals surface area (Å²) < 4.78 is 1.68. The number of hydrogen-bond donors (Lipinski definition) is 0. The van der Waals surface area contributed by atoms with Crippen molar-refractivity contribution in [2.75, 3.05) is 12.3 Å². The first-order valence-corrected chi connectivity index (χ1v) is 9.49. The number of amides is 2. The van der Waals surface area contributed by atoms with Crippen LogP contribution in [0.25, 0.3) is 5.69 Å². The Morgan fingerprint density at radius 2 is 1.70 bits per heavy atom. The van der Waals surface area contributed by atoms with Gasteiger partial charge in [-0.1, -0.05) is 41.6 Å². The quantitative estimate of drug-likeness (QED) is 0.501. The highest BCUT2D eigenvalue weighted by Gasteiger charge is 2.34. The van der Waals surface area contributed by atoms with E-state index in [9.17, 15) is 9.59 Å². The van der Waals surface area contributed by atoms with Gasteiger partial charge in [0, 0.05) is 12.3 Å². The van der Waals surface area contributed by atoms with Gasteiger partial charge in [-0.2, -0.15) is 4.68 Å². The Morgan fingerprint density at radius 3 is 2.37 bits per heavy atom. The molecule has 1 aliphatic rings. The molecule has 0 atom stereocenters. The second-order valence-electron chi connectivity index (χ2n) is 6.32. The monoisotopic (exact) mass is 379 g/mol. The van der Waals surface area contributed by atoms with Crippen LogP contribution in [0.3, 0.4) is 0 Å². The molecule has 2 aromatic carbocycles. The molecule has 136 valence electrons. The number of fused-ring (bicyclic) bond motifs is 1. The van der Waals surface area contributed by atoms with E-state index in [2.05, 4.69) is 21.6 Å². The van der Waals surface area contributed by atoms with Gasteiger partial charge in [-0.15, -0.1) is 5.10 Å². The number of benzene rings is 2. The SMILES string of the molecule is Cc1ccc(-n2nnnc2SCCN2C(=O)c3ccccc3C2=O)c(C)c1. The van der Waals surface area contributed by atoms with E-state index in [1.54, 1.807) is 28.9 Å². The molecule has 0 saturated heterocycles. The zero-order valence-electron chi connectivity index (χ0n) is 14.9. The van der Waals surface area contributed by atoms with Crippen molar-refractivity contribution in [1.82, 2.24) is 25.1 Å². The average molecular weight is 379 g/mol. The number of imide groups is 1. The fourth-order valence-corrected chi connectivity index (χ4v) is 3.94. The molecule has 0 aliphatic carbocycles. The van der Waals surface area contributed by atoms with Gasteiger partial charge >= 0.3 is 0 Å². The fraction of sp³-hybridized carbons (Fsp3) is 0.211. The summed E-state index contributed by atoms with van der Waals surface area (Å²) in [6, 6.07) is 13.0. The predicted molar refractivity (Wildman–Crippen MR) is 101 cm³/mol. The molecular weight excluding hydrogens is 362 g/mol. The van der Waals surface area contributed by atoms with Crippen LogP contribution >= 0.6 is 11.8 Å². The van der Waals surface area contributed by atoms with Gasteiger partial charge in [0.2, 0.25) is 5.16 Å². The number of rotatable bonds is 5. The summed E-state index contributed by atoms with van der Waals surface area (Å²) in [5.41, 5.74) is 4.09. The summed E-state index contributed by atoms with van der Waals surface area (Å²) in [5.74, 6) is 0.0202. The summed E-state index contributed by atoms with van der Waals surface area (Å²) in [5, 5.41) is 12.5. The zero-order valence-corrected chi connectivity index (χ0v) is 15.7. The molecule has 1 aromatic heterocycles. The maximum absolute atomic E-state index is 12.4. The maximum atomic E-state index is 12.4. The van der Waals surface area contributed by atoms with Gasteiger partial charge in [0.1, 0.15) is 0 Å². The molecule has 7 nitrogen and oxygen atoms in total. The second-order valence-corrected chi connectivity index (χ2v) is 7.38. The summed E-state index contributed by atoms with van der Waals surface area (Å²) in [4.78, 5) is 26.1. The first-order chi connectivity index (χ1) is 13.1. The Kier molecular flexibility index (Phi) is 4.49. The van der Waals surface area contributed by atoms with Gasteiger partial charge < -0.3 is 0 Å². The largest absolute Gasteiger partial charge is 0.273 e. The van der Waals surface area contributed by atoms with E-state index in [1.165, 1.54) is 22.2 Å². The van der Waals surface area contributed by atoms with Crippen molar-refractivity contribution in [3.8, 4) is 5.69 Å². The molecule has 1 aliphatic heterocycles. The summed E-state index contributed by atoms with van der Waals surface area (Å²) >= 11 is 1.41. The van der Waals surface area contributed by atoms with Crippen LogP contribution in [0, 0.1) is 13.8 Å². The number of aryl methyl sites for hydroxylation is 2. The van der Waals surface area contributed by atoms with Gasteiger partial charge in [0.25, 0.3) is 11.8 Å². The van der Waals surface area contributed by atoms with Gasteiger partial charge in [-0.25, -0.2) is 0 Å². The van der Waals surface area contributed by atoms with Crippen molar-refractivity contribution < 1.29 is 9.59 Å². The molecule has 0 bridgehead atoms. The molecule has 0 spiro atoms. The van der Waals surface area contributed by atoms with Gasteiger partial charge in [0.05, 0.1) is 16.8 Å². The predicted octanol–water partition coefficient (Wildman–Crippen LogP) is 2.67. The second kappa shape index (κ2) is 6.96. The topological polar surface area (TPSA) is 81.0 Å². The van der Waals surface area contributed by atoms with E-state index in [0.717, 1.165) is 11.3 Å². The minimum atomic E-state index is -0.245. The lowest BCUT2D eigenvalue weighted by Gasteiger charge is -2.13. The lowest BCUT2D eigenvalue weighted by molar-refractivity contribution is 0.0664. The third-order valence-corrected chi connectivity index (χ3v) is 5.35. The molecule has 0 fully saturated rings. The van der Waals surface area contributed by atoms with Gasteiger partial charge in [-0.3, -0.25) is 14.5 Å². The smallest absolute Gasteiger partial charge is 0.261 e. The van der Waals surface area contributed by atoms with Gasteiger partial charge in [0.15, 0.2) is 0 Å². The molecule has 4 rings (SSSR count). The van der Waals surface area contributed by atoms with E-state index in [1.807, 2.05) is 26.0 Å². The number of aromatic nitrogens is 4. The molecule has 0 saturated carbocycles. The molecule has 0 unspecified atom stereocenters. The minimum Gasteiger partial charge on any atom is -0.273 e. The molecule has 27 heavy (non-hydrogen) atoms. The van der Waals surface area contributed by atoms with Gasteiger partial charge in [-0.05, 0) is 48.0 Å². The molecule has 0 N–H and O–H groups in total. The van der Waals surface area contributed by atoms with E-state index in [4.69, 9.17) is 0 Å². The number of carbonyl (C=O) groups is 2. The molecular formula is C19H17N5O2S. The van der Waals surface area contributed by atoms with Crippen molar-refractivity contribution in [3.63, 3.8) is 0 Å². The standard InChI is InChI=1S/C19H17N5O2S/c1-12-7-8-16(13(2)11-12)24-19(20-21-22-24)27-10-9-23-17(25)14-5-3-4-6-15(14)18(23)26/h3-8,11H,9-10H2,1-2H3. The minimum absolute atomic E-state index is 0.245. The van der Waals surface area contributed by atoms with Crippen molar-refractivity contribution in [2.45, 2.75) is 19.0 Å². The highest BCUT2D eigenvalue weighted by Crippen LogP contribution is 2.25. The van der Waals surface area contributed by atoms with Crippen LogP contribution in [0.1, 0.15) is 31.8 Å². The lowest BCUT2D eigenvalue weighted by atomic mass is 10.1. The first-order valence-electron chi connectivity index (χ1n) is 8.50. The molecule has 0 radical (unpaired) electrons. The Labute approximate surface area is 160 Å². The Bertz CT molecular complexity index is 1010. The average Bonchev–Trinajstić information content (AvgIpc) is 3.21. The van der Waals surface area contributed by atoms with Crippen molar-refractivity contribution >= 4 is 23.6 Å². The number of carbonyl (C=O) groups excluding carboxylic acids is 2. The Balaban J connectivity index is 1.46. The maximum Gasteiger partial charge on any atom is 0.261 e. The van der Waals surface area contributed by atoms with Crippen LogP contribution in [0.15, 0.2) is 47.6 Å². The third kappa shape index (κ3) is 3.12. The van der Waals surface area contributed by atoms with Crippen LogP contribution < -0.4 is 0 Å². The normalized spacial score (nSPS) is 13.3. The first kappa shape index (κ1) is 17.4. The molecule has 2 heterocycles. The van der Waals surface area contributed by atoms with Crippen molar-refractivity contribution in [1.29, 1.82) is 0 Å². The van der Waals surface area contributed by atoms with E-state index < -0.39 is 0 Å². The summed E-state index contributed by atoms with van der Waals surface area (Å²) in [6.07, 6.45) is 0.